The van der Waals surface area contributed by atoms with E-state index in [0.717, 1.165) is 5.56 Å². The van der Waals surface area contributed by atoms with E-state index in [1.165, 1.54) is 0 Å². The first-order valence-corrected chi connectivity index (χ1v) is 5.73. The molecule has 2 N–H and O–H groups in total. The maximum Gasteiger partial charge on any atom is 0.248 e. The lowest BCUT2D eigenvalue weighted by Crippen LogP contribution is -2.11. The Hall–Kier alpha value is -2.54. The summed E-state index contributed by atoms with van der Waals surface area (Å²) in [4.78, 5) is 8.42. The zero-order chi connectivity index (χ0) is 13.2. The number of hydrogen-bond donors (Lipinski definition) is 1. The van der Waals surface area contributed by atoms with Crippen LogP contribution in [0.4, 0.5) is 0 Å². The lowest BCUT2D eigenvalue weighted by Gasteiger charge is -2.01. The molecule has 7 heteroatoms. The van der Waals surface area contributed by atoms with Gasteiger partial charge in [-0.2, -0.15) is 10.1 Å². The molecule has 0 aromatic carbocycles. The lowest BCUT2D eigenvalue weighted by atomic mass is 10.2. The summed E-state index contributed by atoms with van der Waals surface area (Å²) in [5, 5.41) is 7.95. The van der Waals surface area contributed by atoms with E-state index in [0.29, 0.717) is 17.4 Å². The molecular formula is C12H12N6O. The molecule has 0 saturated heterocycles. The number of aryl methyl sites for hydroxylation is 1. The van der Waals surface area contributed by atoms with E-state index in [1.807, 2.05) is 31.4 Å². The van der Waals surface area contributed by atoms with Gasteiger partial charge >= 0.3 is 0 Å². The van der Waals surface area contributed by atoms with Gasteiger partial charge in [-0.05, 0) is 12.1 Å². The SMILES string of the molecule is Cn1cc(C(N)c2nc(-c3ccccn3)no2)cn1. The van der Waals surface area contributed by atoms with Crippen molar-refractivity contribution < 1.29 is 4.52 Å². The molecule has 0 fully saturated rings. The second kappa shape index (κ2) is 4.62. The van der Waals surface area contributed by atoms with Crippen LogP contribution < -0.4 is 5.73 Å². The Morgan fingerprint density at radius 1 is 1.37 bits per heavy atom. The van der Waals surface area contributed by atoms with Crippen molar-refractivity contribution in [1.29, 1.82) is 0 Å². The van der Waals surface area contributed by atoms with Crippen LogP contribution in [0.15, 0.2) is 41.3 Å². The highest BCUT2D eigenvalue weighted by Gasteiger charge is 2.19. The van der Waals surface area contributed by atoms with Crippen molar-refractivity contribution >= 4 is 0 Å². The van der Waals surface area contributed by atoms with Crippen LogP contribution in [0.3, 0.4) is 0 Å². The second-order valence-electron chi connectivity index (χ2n) is 4.10. The van der Waals surface area contributed by atoms with Gasteiger partial charge in [-0.15, -0.1) is 0 Å². The Morgan fingerprint density at radius 3 is 2.95 bits per heavy atom. The average molecular weight is 256 g/mol. The number of pyridine rings is 1. The molecule has 0 bridgehead atoms. The maximum absolute atomic E-state index is 6.05. The van der Waals surface area contributed by atoms with Crippen LogP contribution in [-0.2, 0) is 7.05 Å². The summed E-state index contributed by atoms with van der Waals surface area (Å²) in [6.45, 7) is 0. The van der Waals surface area contributed by atoms with Crippen LogP contribution in [0.2, 0.25) is 0 Å². The summed E-state index contributed by atoms with van der Waals surface area (Å²) in [5.74, 6) is 0.767. The number of aromatic nitrogens is 5. The van der Waals surface area contributed by atoms with E-state index in [9.17, 15) is 0 Å². The van der Waals surface area contributed by atoms with Crippen molar-refractivity contribution in [3.63, 3.8) is 0 Å². The van der Waals surface area contributed by atoms with Crippen LogP contribution in [-0.4, -0.2) is 24.9 Å². The van der Waals surface area contributed by atoms with Crippen LogP contribution in [0.1, 0.15) is 17.5 Å². The Labute approximate surface area is 109 Å². The molecule has 3 rings (SSSR count). The zero-order valence-corrected chi connectivity index (χ0v) is 10.3. The van der Waals surface area contributed by atoms with Gasteiger partial charge in [-0.25, -0.2) is 0 Å². The summed E-state index contributed by atoms with van der Waals surface area (Å²) < 4.78 is 6.85. The van der Waals surface area contributed by atoms with Crippen LogP contribution in [0.25, 0.3) is 11.5 Å². The molecule has 0 aliphatic heterocycles. The third kappa shape index (κ3) is 2.23. The minimum Gasteiger partial charge on any atom is -0.337 e. The predicted octanol–water partition coefficient (Wildman–Crippen LogP) is 0.913. The van der Waals surface area contributed by atoms with Gasteiger partial charge in [0.05, 0.1) is 6.20 Å². The molecule has 7 nitrogen and oxygen atoms in total. The molecule has 0 aliphatic rings. The van der Waals surface area contributed by atoms with Gasteiger partial charge in [0.25, 0.3) is 0 Å². The Kier molecular flexibility index (Phi) is 2.81. The molecule has 96 valence electrons. The van der Waals surface area contributed by atoms with Crippen molar-refractivity contribution in [3.05, 3.63) is 48.2 Å². The number of nitrogens with zero attached hydrogens (tertiary/aromatic N) is 5. The van der Waals surface area contributed by atoms with Gasteiger partial charge in [0.2, 0.25) is 11.7 Å². The third-order valence-electron chi connectivity index (χ3n) is 2.69. The Balaban J connectivity index is 1.89. The molecule has 0 aliphatic carbocycles. The summed E-state index contributed by atoms with van der Waals surface area (Å²) in [7, 11) is 1.82. The molecule has 1 atom stereocenters. The lowest BCUT2D eigenvalue weighted by molar-refractivity contribution is 0.367. The van der Waals surface area contributed by atoms with Crippen LogP contribution >= 0.6 is 0 Å². The first kappa shape index (κ1) is 11.5. The van der Waals surface area contributed by atoms with E-state index in [4.69, 9.17) is 10.3 Å². The fraction of sp³-hybridized carbons (Fsp3) is 0.167. The topological polar surface area (TPSA) is 95.7 Å². The van der Waals surface area contributed by atoms with Gasteiger partial charge in [-0.3, -0.25) is 9.67 Å². The second-order valence-corrected chi connectivity index (χ2v) is 4.10. The van der Waals surface area contributed by atoms with Crippen molar-refractivity contribution in [3.8, 4) is 11.5 Å². The molecule has 1 unspecified atom stereocenters. The molecule has 19 heavy (non-hydrogen) atoms. The Morgan fingerprint density at radius 2 is 2.26 bits per heavy atom. The average Bonchev–Trinajstić information content (AvgIpc) is 3.08. The highest BCUT2D eigenvalue weighted by atomic mass is 16.5. The molecule has 3 aromatic rings. The van der Waals surface area contributed by atoms with Crippen molar-refractivity contribution in [2.45, 2.75) is 6.04 Å². The summed E-state index contributed by atoms with van der Waals surface area (Å²) in [5.41, 5.74) is 7.52. The summed E-state index contributed by atoms with van der Waals surface area (Å²) in [6.07, 6.45) is 5.16. The number of hydrogen-bond acceptors (Lipinski definition) is 6. The van der Waals surface area contributed by atoms with E-state index < -0.39 is 6.04 Å². The third-order valence-corrected chi connectivity index (χ3v) is 2.69. The minimum atomic E-state index is -0.487. The van der Waals surface area contributed by atoms with E-state index in [-0.39, 0.29) is 0 Å². The van der Waals surface area contributed by atoms with Crippen molar-refractivity contribution in [2.75, 3.05) is 0 Å². The van der Waals surface area contributed by atoms with Crippen molar-refractivity contribution in [1.82, 2.24) is 24.9 Å². The standard InChI is InChI=1S/C12H12N6O/c1-18-7-8(6-15-18)10(13)12-16-11(17-19-12)9-4-2-3-5-14-9/h2-7,10H,13H2,1H3. The van der Waals surface area contributed by atoms with Gasteiger partial charge in [0.1, 0.15) is 11.7 Å². The highest BCUT2D eigenvalue weighted by molar-refractivity contribution is 5.47. The number of rotatable bonds is 3. The molecule has 0 radical (unpaired) electrons. The first-order chi connectivity index (χ1) is 9.24. The van der Waals surface area contributed by atoms with E-state index >= 15 is 0 Å². The zero-order valence-electron chi connectivity index (χ0n) is 10.3. The summed E-state index contributed by atoms with van der Waals surface area (Å²) in [6, 6.07) is 5.01. The molecular weight excluding hydrogens is 244 g/mol. The molecule has 0 amide bonds. The maximum atomic E-state index is 6.05. The van der Waals surface area contributed by atoms with Gasteiger partial charge in [0.15, 0.2) is 0 Å². The quantitative estimate of drug-likeness (QED) is 0.748. The minimum absolute atomic E-state index is 0.341. The normalized spacial score (nSPS) is 12.5. The molecule has 3 aromatic heterocycles. The van der Waals surface area contributed by atoms with Crippen molar-refractivity contribution in [2.24, 2.45) is 12.8 Å². The van der Waals surface area contributed by atoms with E-state index in [2.05, 4.69) is 20.2 Å². The van der Waals surface area contributed by atoms with Crippen LogP contribution in [0, 0.1) is 0 Å². The molecule has 0 spiro atoms. The Bertz CT molecular complexity index is 674. The van der Waals surface area contributed by atoms with Gasteiger partial charge in [0, 0.05) is 25.0 Å². The fourth-order valence-electron chi connectivity index (χ4n) is 1.70. The molecule has 0 saturated carbocycles. The predicted molar refractivity (Wildman–Crippen MR) is 66.8 cm³/mol. The first-order valence-electron chi connectivity index (χ1n) is 5.73. The smallest absolute Gasteiger partial charge is 0.248 e. The summed E-state index contributed by atoms with van der Waals surface area (Å²) >= 11 is 0. The van der Waals surface area contributed by atoms with Gasteiger partial charge in [-0.1, -0.05) is 11.2 Å². The fourth-order valence-corrected chi connectivity index (χ4v) is 1.70. The van der Waals surface area contributed by atoms with E-state index in [1.54, 1.807) is 17.1 Å². The highest BCUT2D eigenvalue weighted by Crippen LogP contribution is 2.20. The molecule has 3 heterocycles. The largest absolute Gasteiger partial charge is 0.337 e. The monoisotopic (exact) mass is 256 g/mol. The number of nitrogens with two attached hydrogens (primary N) is 1. The van der Waals surface area contributed by atoms with Gasteiger partial charge < -0.3 is 10.3 Å². The van der Waals surface area contributed by atoms with Crippen LogP contribution in [0.5, 0.6) is 0 Å².